The van der Waals surface area contributed by atoms with Gasteiger partial charge in [0.25, 0.3) is 0 Å². The van der Waals surface area contributed by atoms with Gasteiger partial charge in [-0.25, -0.2) is 0 Å². The standard InChI is InChI=1S/C22H18O3/c23-14-19(18-11-12-20-21(13-18)25-15-24-20)22(16-7-3-1-4-8-16)17-9-5-2-6-10-17/h1-14,19,22H,15H2. The summed E-state index contributed by atoms with van der Waals surface area (Å²) < 4.78 is 10.9. The van der Waals surface area contributed by atoms with Gasteiger partial charge in [0.05, 0.1) is 5.92 Å². The predicted molar refractivity (Wildman–Crippen MR) is 96.1 cm³/mol. The van der Waals surface area contributed by atoms with E-state index >= 15 is 0 Å². The SMILES string of the molecule is O=CC(c1ccc2c(c1)OCO2)C(c1ccccc1)c1ccccc1. The Morgan fingerprint density at radius 3 is 1.92 bits per heavy atom. The van der Waals surface area contributed by atoms with Crippen LogP contribution in [0.25, 0.3) is 0 Å². The second kappa shape index (κ2) is 6.81. The summed E-state index contributed by atoms with van der Waals surface area (Å²) in [4.78, 5) is 12.1. The van der Waals surface area contributed by atoms with Gasteiger partial charge in [0.1, 0.15) is 6.29 Å². The molecule has 25 heavy (non-hydrogen) atoms. The maximum atomic E-state index is 12.1. The largest absolute Gasteiger partial charge is 0.454 e. The minimum absolute atomic E-state index is 0.0553. The van der Waals surface area contributed by atoms with Gasteiger partial charge in [-0.2, -0.15) is 0 Å². The van der Waals surface area contributed by atoms with Crippen molar-refractivity contribution in [3.8, 4) is 11.5 Å². The Morgan fingerprint density at radius 2 is 1.32 bits per heavy atom. The molecule has 0 N–H and O–H groups in total. The highest BCUT2D eigenvalue weighted by Gasteiger charge is 2.27. The van der Waals surface area contributed by atoms with E-state index in [1.807, 2.05) is 54.6 Å². The predicted octanol–water partition coefficient (Wildman–Crippen LogP) is 4.53. The molecule has 0 radical (unpaired) electrons. The van der Waals surface area contributed by atoms with Crippen LogP contribution in [0.2, 0.25) is 0 Å². The van der Waals surface area contributed by atoms with E-state index in [1.165, 1.54) is 0 Å². The van der Waals surface area contributed by atoms with E-state index in [0.29, 0.717) is 5.75 Å². The third-order valence-corrected chi connectivity index (χ3v) is 4.60. The number of carbonyl (C=O) groups is 1. The molecule has 1 atom stereocenters. The number of hydrogen-bond donors (Lipinski definition) is 0. The fraction of sp³-hybridized carbons (Fsp3) is 0.136. The summed E-state index contributed by atoms with van der Waals surface area (Å²) in [6.07, 6.45) is 1.03. The number of aldehydes is 1. The van der Waals surface area contributed by atoms with Crippen molar-refractivity contribution in [1.82, 2.24) is 0 Å². The molecule has 0 saturated heterocycles. The zero-order chi connectivity index (χ0) is 17.1. The highest BCUT2D eigenvalue weighted by molar-refractivity contribution is 5.67. The molecular weight excluding hydrogens is 312 g/mol. The van der Waals surface area contributed by atoms with Crippen molar-refractivity contribution in [3.63, 3.8) is 0 Å². The molecule has 0 aliphatic carbocycles. The highest BCUT2D eigenvalue weighted by atomic mass is 16.7. The molecule has 0 spiro atoms. The third-order valence-electron chi connectivity index (χ3n) is 4.60. The lowest BCUT2D eigenvalue weighted by Crippen LogP contribution is -2.14. The van der Waals surface area contributed by atoms with Crippen LogP contribution >= 0.6 is 0 Å². The first-order valence-electron chi connectivity index (χ1n) is 8.31. The fourth-order valence-electron chi connectivity index (χ4n) is 3.40. The molecule has 1 heterocycles. The summed E-state index contributed by atoms with van der Waals surface area (Å²) in [7, 11) is 0. The van der Waals surface area contributed by atoms with Gasteiger partial charge in [-0.15, -0.1) is 0 Å². The molecule has 4 rings (SSSR count). The van der Waals surface area contributed by atoms with E-state index in [2.05, 4.69) is 24.3 Å². The second-order valence-corrected chi connectivity index (χ2v) is 6.07. The summed E-state index contributed by atoms with van der Waals surface area (Å²) in [5.74, 6) is 1.06. The molecule has 0 bridgehead atoms. The van der Waals surface area contributed by atoms with Crippen LogP contribution in [0, 0.1) is 0 Å². The molecule has 1 aliphatic heterocycles. The van der Waals surface area contributed by atoms with E-state index in [4.69, 9.17) is 9.47 Å². The summed E-state index contributed by atoms with van der Waals surface area (Å²) in [6.45, 7) is 0.228. The third kappa shape index (κ3) is 3.01. The van der Waals surface area contributed by atoms with E-state index < -0.39 is 0 Å². The van der Waals surface area contributed by atoms with Crippen molar-refractivity contribution >= 4 is 6.29 Å². The fourth-order valence-corrected chi connectivity index (χ4v) is 3.40. The Labute approximate surface area is 146 Å². The molecule has 1 unspecified atom stereocenters. The average molecular weight is 330 g/mol. The Balaban J connectivity index is 1.81. The van der Waals surface area contributed by atoms with Crippen molar-refractivity contribution in [2.24, 2.45) is 0 Å². The second-order valence-electron chi connectivity index (χ2n) is 6.07. The number of fused-ring (bicyclic) bond motifs is 1. The minimum Gasteiger partial charge on any atom is -0.454 e. The van der Waals surface area contributed by atoms with Gasteiger partial charge in [0.15, 0.2) is 11.5 Å². The van der Waals surface area contributed by atoms with E-state index in [9.17, 15) is 4.79 Å². The average Bonchev–Trinajstić information content (AvgIpc) is 3.15. The molecule has 0 amide bonds. The monoisotopic (exact) mass is 330 g/mol. The van der Waals surface area contributed by atoms with Crippen LogP contribution in [-0.4, -0.2) is 13.1 Å². The van der Waals surface area contributed by atoms with E-state index in [-0.39, 0.29) is 18.6 Å². The van der Waals surface area contributed by atoms with Crippen molar-refractivity contribution < 1.29 is 14.3 Å². The van der Waals surface area contributed by atoms with Crippen LogP contribution in [0.4, 0.5) is 0 Å². The quantitative estimate of drug-likeness (QED) is 0.645. The normalized spacial score (nSPS) is 13.6. The number of carbonyl (C=O) groups excluding carboxylic acids is 1. The van der Waals surface area contributed by atoms with Gasteiger partial charge in [-0.1, -0.05) is 66.7 Å². The van der Waals surface area contributed by atoms with E-state index in [1.54, 1.807) is 0 Å². The molecule has 124 valence electrons. The van der Waals surface area contributed by atoms with E-state index in [0.717, 1.165) is 28.7 Å². The molecule has 1 aliphatic rings. The minimum atomic E-state index is -0.306. The van der Waals surface area contributed by atoms with Crippen LogP contribution in [0.15, 0.2) is 78.9 Å². The van der Waals surface area contributed by atoms with Crippen LogP contribution in [0.1, 0.15) is 28.5 Å². The summed E-state index contributed by atoms with van der Waals surface area (Å²) in [6, 6.07) is 26.0. The molecule has 3 nitrogen and oxygen atoms in total. The zero-order valence-electron chi connectivity index (χ0n) is 13.7. The van der Waals surface area contributed by atoms with Gasteiger partial charge < -0.3 is 14.3 Å². The molecule has 3 aromatic rings. The molecule has 3 heteroatoms. The van der Waals surface area contributed by atoms with Crippen molar-refractivity contribution in [2.75, 3.05) is 6.79 Å². The summed E-state index contributed by atoms with van der Waals surface area (Å²) in [5.41, 5.74) is 3.16. The lowest BCUT2D eigenvalue weighted by molar-refractivity contribution is -0.109. The molecular formula is C22H18O3. The first kappa shape index (κ1) is 15.5. The van der Waals surface area contributed by atoms with Gasteiger partial charge >= 0.3 is 0 Å². The maximum Gasteiger partial charge on any atom is 0.231 e. The van der Waals surface area contributed by atoms with Gasteiger partial charge in [0, 0.05) is 5.92 Å². The Kier molecular flexibility index (Phi) is 4.21. The summed E-state index contributed by atoms with van der Waals surface area (Å²) >= 11 is 0. The lowest BCUT2D eigenvalue weighted by atomic mass is 9.78. The van der Waals surface area contributed by atoms with Crippen LogP contribution in [0.3, 0.4) is 0 Å². The first-order valence-corrected chi connectivity index (χ1v) is 8.31. The maximum absolute atomic E-state index is 12.1. The molecule has 0 saturated carbocycles. The summed E-state index contributed by atoms with van der Waals surface area (Å²) in [5, 5.41) is 0. The van der Waals surface area contributed by atoms with Gasteiger partial charge in [-0.3, -0.25) is 0 Å². The van der Waals surface area contributed by atoms with Crippen molar-refractivity contribution in [1.29, 1.82) is 0 Å². The zero-order valence-corrected chi connectivity index (χ0v) is 13.7. The number of hydrogen-bond acceptors (Lipinski definition) is 3. The number of benzene rings is 3. The van der Waals surface area contributed by atoms with Crippen LogP contribution in [-0.2, 0) is 4.79 Å². The van der Waals surface area contributed by atoms with Gasteiger partial charge in [-0.05, 0) is 28.8 Å². The first-order chi connectivity index (χ1) is 12.4. The number of rotatable bonds is 5. The molecule has 3 aromatic carbocycles. The molecule has 0 fully saturated rings. The van der Waals surface area contributed by atoms with Crippen molar-refractivity contribution in [2.45, 2.75) is 11.8 Å². The van der Waals surface area contributed by atoms with Crippen LogP contribution in [0.5, 0.6) is 11.5 Å². The van der Waals surface area contributed by atoms with Crippen LogP contribution < -0.4 is 9.47 Å². The van der Waals surface area contributed by atoms with Crippen molar-refractivity contribution in [3.05, 3.63) is 95.6 Å². The smallest absolute Gasteiger partial charge is 0.231 e. The lowest BCUT2D eigenvalue weighted by Gasteiger charge is -2.24. The number of ether oxygens (including phenoxy) is 2. The molecule has 0 aromatic heterocycles. The highest BCUT2D eigenvalue weighted by Crippen LogP contribution is 2.41. The Morgan fingerprint density at radius 1 is 0.720 bits per heavy atom. The Hall–Kier alpha value is -3.07. The topological polar surface area (TPSA) is 35.5 Å². The van der Waals surface area contributed by atoms with Gasteiger partial charge in [0.2, 0.25) is 6.79 Å². The Bertz CT molecular complexity index is 819.